The summed E-state index contributed by atoms with van der Waals surface area (Å²) in [6.45, 7) is 14.5. The average molecular weight is 318 g/mol. The van der Waals surface area contributed by atoms with Crippen LogP contribution in [0.25, 0.3) is 0 Å². The van der Waals surface area contributed by atoms with Gasteiger partial charge in [-0.3, -0.25) is 9.59 Å². The van der Waals surface area contributed by atoms with Gasteiger partial charge in [0.25, 0.3) is 0 Å². The summed E-state index contributed by atoms with van der Waals surface area (Å²) in [5, 5.41) is 0. The molecule has 0 rings (SSSR count). The molecular weight excluding hydrogens is 300 g/mol. The van der Waals surface area contributed by atoms with E-state index in [0.29, 0.717) is 0 Å². The number of ether oxygens (including phenoxy) is 2. The summed E-state index contributed by atoms with van der Waals surface area (Å²) < 4.78 is 9.75. The topological polar surface area (TPSA) is 86.7 Å². The summed E-state index contributed by atoms with van der Waals surface area (Å²) in [5.74, 6) is -3.62. The Hall–Kier alpha value is -3.02. The van der Waals surface area contributed by atoms with Gasteiger partial charge in [0.1, 0.15) is 11.3 Å². The van der Waals surface area contributed by atoms with Crippen LogP contribution in [0.4, 0.5) is 0 Å². The van der Waals surface area contributed by atoms with Gasteiger partial charge in [0.05, 0.1) is 0 Å². The fourth-order valence-electron chi connectivity index (χ4n) is 1.46. The lowest BCUT2D eigenvalue weighted by Gasteiger charge is -2.15. The van der Waals surface area contributed by atoms with E-state index in [1.165, 1.54) is 13.0 Å². The normalized spacial score (nSPS) is 12.0. The summed E-state index contributed by atoms with van der Waals surface area (Å²) in [4.78, 5) is 46.8. The van der Waals surface area contributed by atoms with Crippen molar-refractivity contribution in [3.8, 4) is 0 Å². The molecule has 0 spiro atoms. The van der Waals surface area contributed by atoms with Crippen molar-refractivity contribution in [2.24, 2.45) is 0 Å². The Bertz CT molecular complexity index is 594. The van der Waals surface area contributed by atoms with Crippen LogP contribution in [-0.2, 0) is 28.7 Å². The van der Waals surface area contributed by atoms with Crippen molar-refractivity contribution in [3.63, 3.8) is 0 Å². The van der Waals surface area contributed by atoms with Gasteiger partial charge in [-0.05, 0) is 19.1 Å². The van der Waals surface area contributed by atoms with Crippen LogP contribution < -0.4 is 0 Å². The lowest BCUT2D eigenvalue weighted by molar-refractivity contribution is -0.150. The zero-order chi connectivity index (χ0) is 18.0. The van der Waals surface area contributed by atoms with Crippen LogP contribution >= 0.6 is 0 Å². The van der Waals surface area contributed by atoms with Crippen LogP contribution in [0.1, 0.15) is 13.3 Å². The molecule has 0 amide bonds. The fourth-order valence-corrected chi connectivity index (χ4v) is 1.46. The molecule has 0 aliphatic heterocycles. The van der Waals surface area contributed by atoms with Gasteiger partial charge in [0, 0.05) is 12.5 Å². The Morgan fingerprint density at radius 1 is 1.00 bits per heavy atom. The van der Waals surface area contributed by atoms with Crippen molar-refractivity contribution >= 4 is 23.5 Å². The molecule has 0 aliphatic carbocycles. The zero-order valence-corrected chi connectivity index (χ0v) is 12.9. The predicted molar refractivity (Wildman–Crippen MR) is 84.1 cm³/mol. The van der Waals surface area contributed by atoms with E-state index in [1.807, 2.05) is 0 Å². The molecule has 0 aliphatic rings. The highest BCUT2D eigenvalue weighted by Gasteiger charge is 2.27. The van der Waals surface area contributed by atoms with Gasteiger partial charge in [-0.15, -0.1) is 6.58 Å². The standard InChI is InChI=1S/C17H18O6/c1-6-10-14(12(18)7-2)23-17(21)16(13(19)8-3)11(5)22-15(20)9-4/h6-9,14H,1-4,10H2,5H3. The van der Waals surface area contributed by atoms with E-state index in [0.717, 1.165) is 18.2 Å². The summed E-state index contributed by atoms with van der Waals surface area (Å²) >= 11 is 0. The largest absolute Gasteiger partial charge is 0.450 e. The Kier molecular flexibility index (Phi) is 8.54. The lowest BCUT2D eigenvalue weighted by atomic mass is 10.1. The summed E-state index contributed by atoms with van der Waals surface area (Å²) in [6, 6.07) is 0. The Labute approximate surface area is 134 Å². The molecule has 122 valence electrons. The van der Waals surface area contributed by atoms with Crippen LogP contribution in [0.2, 0.25) is 0 Å². The van der Waals surface area contributed by atoms with E-state index in [4.69, 9.17) is 9.47 Å². The minimum atomic E-state index is -1.17. The first kappa shape index (κ1) is 20.0. The van der Waals surface area contributed by atoms with E-state index in [-0.39, 0.29) is 12.2 Å². The molecule has 1 atom stereocenters. The maximum absolute atomic E-state index is 12.2. The Morgan fingerprint density at radius 3 is 2.04 bits per heavy atom. The molecule has 23 heavy (non-hydrogen) atoms. The Morgan fingerprint density at radius 2 is 1.61 bits per heavy atom. The summed E-state index contributed by atoms with van der Waals surface area (Å²) in [7, 11) is 0. The van der Waals surface area contributed by atoms with E-state index in [1.54, 1.807) is 0 Å². The smallest absolute Gasteiger partial charge is 0.346 e. The third-order valence-electron chi connectivity index (χ3n) is 2.56. The molecule has 0 radical (unpaired) electrons. The molecular formula is C17H18O6. The molecule has 0 saturated carbocycles. The number of carbonyl (C=O) groups is 4. The van der Waals surface area contributed by atoms with E-state index in [2.05, 4.69) is 26.3 Å². The van der Waals surface area contributed by atoms with Gasteiger partial charge >= 0.3 is 11.9 Å². The molecule has 0 aromatic heterocycles. The maximum atomic E-state index is 12.2. The molecule has 6 heteroatoms. The molecule has 0 bridgehead atoms. The lowest BCUT2D eigenvalue weighted by Crippen LogP contribution is -2.28. The molecule has 6 nitrogen and oxygen atoms in total. The molecule has 0 fully saturated rings. The SMILES string of the molecule is C=CCC(OC(=O)C(C(=O)C=C)=C(C)OC(=O)C=C)C(=O)C=C. The maximum Gasteiger partial charge on any atom is 0.346 e. The first-order valence-corrected chi connectivity index (χ1v) is 6.52. The summed E-state index contributed by atoms with van der Waals surface area (Å²) in [5.41, 5.74) is -0.541. The minimum absolute atomic E-state index is 0.0393. The number of carbonyl (C=O) groups excluding carboxylic acids is 4. The summed E-state index contributed by atoms with van der Waals surface area (Å²) in [6.07, 6.45) is 2.96. The highest BCUT2D eigenvalue weighted by atomic mass is 16.6. The van der Waals surface area contributed by atoms with E-state index < -0.39 is 35.2 Å². The second kappa shape index (κ2) is 9.83. The first-order chi connectivity index (χ1) is 10.8. The molecule has 0 N–H and O–H groups in total. The third-order valence-corrected chi connectivity index (χ3v) is 2.56. The van der Waals surface area contributed by atoms with Crippen LogP contribution in [0.3, 0.4) is 0 Å². The number of rotatable bonds is 10. The van der Waals surface area contributed by atoms with Crippen molar-refractivity contribution in [2.75, 3.05) is 0 Å². The zero-order valence-electron chi connectivity index (χ0n) is 12.9. The highest BCUT2D eigenvalue weighted by molar-refractivity contribution is 6.22. The van der Waals surface area contributed by atoms with Crippen LogP contribution in [0.15, 0.2) is 62.0 Å². The highest BCUT2D eigenvalue weighted by Crippen LogP contribution is 2.14. The van der Waals surface area contributed by atoms with Crippen molar-refractivity contribution in [1.29, 1.82) is 0 Å². The third kappa shape index (κ3) is 6.09. The van der Waals surface area contributed by atoms with Gasteiger partial charge in [0.2, 0.25) is 0 Å². The Balaban J connectivity index is 5.60. The van der Waals surface area contributed by atoms with Crippen molar-refractivity contribution in [2.45, 2.75) is 19.4 Å². The molecule has 0 aromatic carbocycles. The second-order valence-electron chi connectivity index (χ2n) is 4.15. The number of hydrogen-bond donors (Lipinski definition) is 0. The monoisotopic (exact) mass is 318 g/mol. The van der Waals surface area contributed by atoms with Crippen molar-refractivity contribution in [3.05, 3.63) is 62.0 Å². The number of esters is 2. The van der Waals surface area contributed by atoms with Crippen molar-refractivity contribution in [1.82, 2.24) is 0 Å². The van der Waals surface area contributed by atoms with Gasteiger partial charge < -0.3 is 9.47 Å². The minimum Gasteiger partial charge on any atom is -0.450 e. The quantitative estimate of drug-likeness (QED) is 0.153. The van der Waals surface area contributed by atoms with Crippen LogP contribution in [0, 0.1) is 0 Å². The van der Waals surface area contributed by atoms with Gasteiger partial charge in [-0.25, -0.2) is 9.59 Å². The van der Waals surface area contributed by atoms with Gasteiger partial charge in [0.15, 0.2) is 17.7 Å². The average Bonchev–Trinajstić information content (AvgIpc) is 2.53. The predicted octanol–water partition coefficient (Wildman–Crippen LogP) is 1.99. The number of ketones is 2. The van der Waals surface area contributed by atoms with Crippen LogP contribution in [-0.4, -0.2) is 29.6 Å². The fraction of sp³-hybridized carbons (Fsp3) is 0.176. The van der Waals surface area contributed by atoms with Gasteiger partial charge in [-0.1, -0.05) is 25.8 Å². The number of hydrogen-bond acceptors (Lipinski definition) is 6. The second-order valence-corrected chi connectivity index (χ2v) is 4.15. The van der Waals surface area contributed by atoms with Crippen LogP contribution in [0.5, 0.6) is 0 Å². The van der Waals surface area contributed by atoms with Gasteiger partial charge in [-0.2, -0.15) is 0 Å². The molecule has 0 saturated heterocycles. The molecule has 1 unspecified atom stereocenters. The van der Waals surface area contributed by atoms with E-state index in [9.17, 15) is 19.2 Å². The first-order valence-electron chi connectivity index (χ1n) is 6.52. The molecule has 0 aromatic rings. The number of allylic oxidation sites excluding steroid dienone is 2. The molecule has 0 heterocycles. The van der Waals surface area contributed by atoms with E-state index >= 15 is 0 Å². The van der Waals surface area contributed by atoms with Crippen molar-refractivity contribution < 1.29 is 28.7 Å².